The topological polar surface area (TPSA) is 41.4 Å². The lowest BCUT2D eigenvalue weighted by Gasteiger charge is -2.26. The van der Waals surface area contributed by atoms with Crippen LogP contribution in [0.5, 0.6) is 0 Å². The van der Waals surface area contributed by atoms with Gasteiger partial charge in [-0.15, -0.1) is 0 Å². The van der Waals surface area contributed by atoms with Crippen LogP contribution in [0.2, 0.25) is 0 Å². The van der Waals surface area contributed by atoms with E-state index in [2.05, 4.69) is 48.2 Å². The largest absolute Gasteiger partial charge is 0.344 e. The van der Waals surface area contributed by atoms with E-state index in [0.717, 1.165) is 25.2 Å². The Balaban J connectivity index is 1.33. The molecule has 0 radical (unpaired) electrons. The third-order valence-corrected chi connectivity index (χ3v) is 6.08. The Morgan fingerprint density at radius 2 is 1.77 bits per heavy atom. The van der Waals surface area contributed by atoms with Gasteiger partial charge < -0.3 is 4.90 Å². The van der Waals surface area contributed by atoms with Gasteiger partial charge in [0.05, 0.1) is 6.20 Å². The van der Waals surface area contributed by atoms with Gasteiger partial charge in [-0.1, -0.05) is 29.8 Å². The maximum Gasteiger partial charge on any atom is 0.344 e. The van der Waals surface area contributed by atoms with Gasteiger partial charge in [0, 0.05) is 31.9 Å². The predicted octanol–water partition coefficient (Wildman–Crippen LogP) is 3.31. The second kappa shape index (κ2) is 6.88. The van der Waals surface area contributed by atoms with Gasteiger partial charge in [0.15, 0.2) is 0 Å². The molecule has 26 heavy (non-hydrogen) atoms. The number of hydrogen-bond acceptors (Lipinski definition) is 3. The van der Waals surface area contributed by atoms with Gasteiger partial charge in [-0.3, -0.25) is 4.90 Å². The predicted molar refractivity (Wildman–Crippen MR) is 102 cm³/mol. The molecule has 3 atom stereocenters. The first-order valence-electron chi connectivity index (χ1n) is 9.56. The van der Waals surface area contributed by atoms with Gasteiger partial charge in [0.25, 0.3) is 0 Å². The fourth-order valence-electron chi connectivity index (χ4n) is 4.56. The number of nitrogens with zero attached hydrogens (tertiary/aromatic N) is 4. The molecule has 1 unspecified atom stereocenters. The standard InChI is InChI=1S/C21H28N4O/c1-15-4-6-17(7-5-15)12-23(3)20-8-18-13-24(14-19(18)9-20)21(26)25-11-16(2)10-22-25/h4-7,10-11,18-20H,8-9,12-14H2,1-3H3/t18-,19+,20?. The Bertz CT molecular complexity index is 768. The second-order valence-electron chi connectivity index (χ2n) is 8.20. The molecule has 2 aliphatic rings. The van der Waals surface area contributed by atoms with Crippen molar-refractivity contribution in [2.24, 2.45) is 11.8 Å². The van der Waals surface area contributed by atoms with Gasteiger partial charge in [-0.25, -0.2) is 4.79 Å². The van der Waals surface area contributed by atoms with Crippen LogP contribution >= 0.6 is 0 Å². The minimum absolute atomic E-state index is 0.0251. The van der Waals surface area contributed by atoms with Crippen molar-refractivity contribution >= 4 is 6.03 Å². The van der Waals surface area contributed by atoms with Crippen molar-refractivity contribution < 1.29 is 4.79 Å². The van der Waals surface area contributed by atoms with E-state index in [1.807, 2.05) is 18.0 Å². The second-order valence-corrected chi connectivity index (χ2v) is 8.20. The number of fused-ring (bicyclic) bond motifs is 1. The zero-order chi connectivity index (χ0) is 18.3. The zero-order valence-corrected chi connectivity index (χ0v) is 15.9. The van der Waals surface area contributed by atoms with Gasteiger partial charge in [0.2, 0.25) is 0 Å². The van der Waals surface area contributed by atoms with Crippen LogP contribution in [0.4, 0.5) is 4.79 Å². The third kappa shape index (κ3) is 3.40. The van der Waals surface area contributed by atoms with Crippen LogP contribution in [0.25, 0.3) is 0 Å². The fraction of sp³-hybridized carbons (Fsp3) is 0.524. The highest BCUT2D eigenvalue weighted by Crippen LogP contribution is 2.40. The molecule has 4 rings (SSSR count). The molecule has 0 N–H and O–H groups in total. The molecule has 1 saturated carbocycles. The van der Waals surface area contributed by atoms with E-state index in [4.69, 9.17) is 0 Å². The molecule has 1 aliphatic heterocycles. The normalized spacial score (nSPS) is 25.1. The summed E-state index contributed by atoms with van der Waals surface area (Å²) < 4.78 is 1.48. The molecule has 1 amide bonds. The van der Waals surface area contributed by atoms with Crippen molar-refractivity contribution in [3.05, 3.63) is 53.3 Å². The number of rotatable bonds is 3. The van der Waals surface area contributed by atoms with Crippen LogP contribution < -0.4 is 0 Å². The first-order valence-corrected chi connectivity index (χ1v) is 9.56. The quantitative estimate of drug-likeness (QED) is 0.851. The number of carbonyl (C=O) groups excluding carboxylic acids is 1. The van der Waals surface area contributed by atoms with E-state index in [-0.39, 0.29) is 6.03 Å². The molecule has 2 fully saturated rings. The van der Waals surface area contributed by atoms with E-state index in [9.17, 15) is 4.79 Å². The molecule has 2 heterocycles. The van der Waals surface area contributed by atoms with E-state index < -0.39 is 0 Å². The minimum Gasteiger partial charge on any atom is -0.322 e. The summed E-state index contributed by atoms with van der Waals surface area (Å²) in [5.74, 6) is 1.25. The fourth-order valence-corrected chi connectivity index (χ4v) is 4.56. The molecule has 0 bridgehead atoms. The Labute approximate surface area is 155 Å². The van der Waals surface area contributed by atoms with Crippen molar-refractivity contribution in [3.8, 4) is 0 Å². The molecule has 1 aromatic heterocycles. The number of aryl methyl sites for hydroxylation is 2. The van der Waals surface area contributed by atoms with Gasteiger partial charge in [-0.05, 0) is 56.7 Å². The van der Waals surface area contributed by atoms with Crippen molar-refractivity contribution in [1.29, 1.82) is 0 Å². The molecule has 1 aromatic carbocycles. The number of hydrogen-bond donors (Lipinski definition) is 0. The van der Waals surface area contributed by atoms with Crippen LogP contribution in [0.1, 0.15) is 29.5 Å². The average Bonchev–Trinajstić information content (AvgIpc) is 3.30. The summed E-state index contributed by atoms with van der Waals surface area (Å²) in [6.45, 7) is 6.83. The highest BCUT2D eigenvalue weighted by atomic mass is 16.2. The van der Waals surface area contributed by atoms with E-state index in [0.29, 0.717) is 17.9 Å². The van der Waals surface area contributed by atoms with E-state index in [1.165, 1.54) is 28.7 Å². The zero-order valence-electron chi connectivity index (χ0n) is 15.9. The molecular formula is C21H28N4O. The van der Waals surface area contributed by atoms with Crippen LogP contribution in [0, 0.1) is 25.7 Å². The summed E-state index contributed by atoms with van der Waals surface area (Å²) in [7, 11) is 2.24. The lowest BCUT2D eigenvalue weighted by atomic mass is 10.0. The van der Waals surface area contributed by atoms with Crippen molar-refractivity contribution in [1.82, 2.24) is 19.6 Å². The average molecular weight is 352 g/mol. The summed E-state index contributed by atoms with van der Waals surface area (Å²) in [5, 5.41) is 4.17. The van der Waals surface area contributed by atoms with Gasteiger partial charge in [-0.2, -0.15) is 9.78 Å². The van der Waals surface area contributed by atoms with Gasteiger partial charge in [0.1, 0.15) is 0 Å². The van der Waals surface area contributed by atoms with Crippen LogP contribution in [-0.2, 0) is 6.54 Å². The van der Waals surface area contributed by atoms with Crippen molar-refractivity contribution in [2.45, 2.75) is 39.3 Å². The summed E-state index contributed by atoms with van der Waals surface area (Å²) in [6, 6.07) is 9.48. The van der Waals surface area contributed by atoms with Crippen LogP contribution in [0.15, 0.2) is 36.7 Å². The number of aromatic nitrogens is 2. The van der Waals surface area contributed by atoms with Crippen molar-refractivity contribution in [2.75, 3.05) is 20.1 Å². The highest BCUT2D eigenvalue weighted by molar-refractivity contribution is 5.76. The molecule has 5 heteroatoms. The van der Waals surface area contributed by atoms with Crippen LogP contribution in [0.3, 0.4) is 0 Å². The van der Waals surface area contributed by atoms with E-state index >= 15 is 0 Å². The monoisotopic (exact) mass is 352 g/mol. The SMILES string of the molecule is Cc1ccc(CN(C)C2C[C@@H]3CN(C(=O)n4cc(C)cn4)C[C@@H]3C2)cc1. The molecule has 1 aliphatic carbocycles. The first-order chi connectivity index (χ1) is 12.5. The molecule has 1 saturated heterocycles. The maximum absolute atomic E-state index is 12.6. The Kier molecular flexibility index (Phi) is 4.57. The molecule has 2 aromatic rings. The molecule has 138 valence electrons. The Morgan fingerprint density at radius 1 is 1.12 bits per heavy atom. The lowest BCUT2D eigenvalue weighted by molar-refractivity contribution is 0.192. The summed E-state index contributed by atoms with van der Waals surface area (Å²) in [6.07, 6.45) is 5.93. The van der Waals surface area contributed by atoms with E-state index in [1.54, 1.807) is 6.20 Å². The molecule has 5 nitrogen and oxygen atoms in total. The number of carbonyl (C=O) groups is 1. The number of benzene rings is 1. The van der Waals surface area contributed by atoms with Crippen LogP contribution in [-0.4, -0.2) is 51.8 Å². The minimum atomic E-state index is 0.0251. The Hall–Kier alpha value is -2.14. The smallest absolute Gasteiger partial charge is 0.322 e. The Morgan fingerprint density at radius 3 is 2.35 bits per heavy atom. The maximum atomic E-state index is 12.6. The molecule has 0 spiro atoms. The number of amides is 1. The molecular weight excluding hydrogens is 324 g/mol. The number of likely N-dealkylation sites (tertiary alicyclic amines) is 1. The third-order valence-electron chi connectivity index (χ3n) is 6.08. The summed E-state index contributed by atoms with van der Waals surface area (Å²) in [5.41, 5.74) is 3.71. The lowest BCUT2D eigenvalue weighted by Crippen LogP contribution is -2.36. The first kappa shape index (κ1) is 17.3. The van der Waals surface area contributed by atoms with Gasteiger partial charge >= 0.3 is 6.03 Å². The summed E-state index contributed by atoms with van der Waals surface area (Å²) in [4.78, 5) is 17.1. The summed E-state index contributed by atoms with van der Waals surface area (Å²) >= 11 is 0. The van der Waals surface area contributed by atoms with Crippen molar-refractivity contribution in [3.63, 3.8) is 0 Å². The highest BCUT2D eigenvalue weighted by Gasteiger charge is 2.43.